The van der Waals surface area contributed by atoms with Gasteiger partial charge in [-0.1, -0.05) is 85.8 Å². The van der Waals surface area contributed by atoms with E-state index >= 15 is 0 Å². The van der Waals surface area contributed by atoms with Crippen molar-refractivity contribution >= 4 is 29.7 Å². The number of amides is 3. The number of alkyl halides is 3. The number of hydrogen-bond donors (Lipinski definition) is 3. The summed E-state index contributed by atoms with van der Waals surface area (Å²) in [5.41, 5.74) is 8.30. The molecule has 5 rings (SSSR count). The van der Waals surface area contributed by atoms with Crippen LogP contribution in [-0.4, -0.2) is 71.5 Å². The van der Waals surface area contributed by atoms with Crippen molar-refractivity contribution < 1.29 is 47.0 Å². The van der Waals surface area contributed by atoms with Crippen molar-refractivity contribution in [2.75, 3.05) is 6.61 Å². The number of rotatable bonds is 10. The molecule has 0 aliphatic carbocycles. The average molecular weight is 710 g/mol. The molecule has 2 aliphatic heterocycles. The van der Waals surface area contributed by atoms with Crippen LogP contribution in [0.15, 0.2) is 91.0 Å². The van der Waals surface area contributed by atoms with E-state index in [4.69, 9.17) is 20.4 Å². The van der Waals surface area contributed by atoms with Crippen LogP contribution in [0, 0.1) is 5.92 Å². The molecule has 2 aliphatic rings. The van der Waals surface area contributed by atoms with E-state index in [0.717, 1.165) is 11.1 Å². The van der Waals surface area contributed by atoms with Crippen molar-refractivity contribution in [3.05, 3.63) is 108 Å². The number of esters is 1. The normalized spacial score (nSPS) is 20.6. The highest BCUT2D eigenvalue weighted by molar-refractivity contribution is 5.94. The van der Waals surface area contributed by atoms with Crippen LogP contribution in [0.25, 0.3) is 0 Å². The Kier molecular flexibility index (Phi) is 13.3. The van der Waals surface area contributed by atoms with Crippen molar-refractivity contribution in [2.24, 2.45) is 11.7 Å². The van der Waals surface area contributed by atoms with Gasteiger partial charge in [-0.05, 0) is 55.4 Å². The Morgan fingerprint density at radius 2 is 1.39 bits per heavy atom. The molecule has 0 radical (unpaired) electrons. The molecular weight excluding hydrogens is 669 g/mol. The summed E-state index contributed by atoms with van der Waals surface area (Å²) in [6.45, 7) is 1.75. The van der Waals surface area contributed by atoms with Gasteiger partial charge in [-0.25, -0.2) is 4.79 Å². The molecule has 0 unspecified atom stereocenters. The van der Waals surface area contributed by atoms with E-state index in [1.807, 2.05) is 66.7 Å². The molecule has 3 aromatic carbocycles. The molecule has 0 bridgehead atoms. The third-order valence-corrected chi connectivity index (χ3v) is 8.96. The second kappa shape index (κ2) is 17.6. The molecule has 272 valence electrons. The summed E-state index contributed by atoms with van der Waals surface area (Å²) in [6.07, 6.45) is -2.46. The minimum absolute atomic E-state index is 0.0483. The van der Waals surface area contributed by atoms with Crippen LogP contribution in [0.2, 0.25) is 0 Å². The third-order valence-electron chi connectivity index (χ3n) is 8.96. The second-order valence-electron chi connectivity index (χ2n) is 12.3. The summed E-state index contributed by atoms with van der Waals surface area (Å²) in [6, 6.07) is 25.1. The van der Waals surface area contributed by atoms with E-state index in [9.17, 15) is 32.3 Å². The molecule has 2 saturated heterocycles. The minimum atomic E-state index is -5.19. The number of benzene rings is 3. The SMILES string of the molecule is CC[C@H](N)C(=O)N[C@@H]1C(=O)N2[C@@H](CC[C@@H]1COC(=O)c1ccccc1)CC[C@H]2C(=O)NC(c1ccccc1)c1ccccc1.O=C([O-])C(F)(F)F. The summed E-state index contributed by atoms with van der Waals surface area (Å²) >= 11 is 0. The van der Waals surface area contributed by atoms with Crippen LogP contribution >= 0.6 is 0 Å². The topological polar surface area (TPSA) is 171 Å². The predicted octanol–water partition coefficient (Wildman–Crippen LogP) is 3.04. The molecule has 0 aromatic heterocycles. The molecular formula is C37H40F3N4O7-. The van der Waals surface area contributed by atoms with Crippen molar-refractivity contribution in [3.8, 4) is 0 Å². The number of carbonyl (C=O) groups is 5. The van der Waals surface area contributed by atoms with E-state index in [0.29, 0.717) is 37.7 Å². The van der Waals surface area contributed by atoms with Gasteiger partial charge in [-0.15, -0.1) is 0 Å². The smallest absolute Gasteiger partial charge is 0.430 e. The number of nitrogens with zero attached hydrogens (tertiary/aromatic N) is 1. The highest BCUT2D eigenvalue weighted by Crippen LogP contribution is 2.35. The number of hydrogen-bond acceptors (Lipinski definition) is 8. The van der Waals surface area contributed by atoms with Gasteiger partial charge in [0.25, 0.3) is 0 Å². The highest BCUT2D eigenvalue weighted by Gasteiger charge is 2.48. The fraction of sp³-hybridized carbons (Fsp3) is 0.378. The molecule has 51 heavy (non-hydrogen) atoms. The zero-order valence-corrected chi connectivity index (χ0v) is 27.9. The largest absolute Gasteiger partial charge is 0.542 e. The van der Waals surface area contributed by atoms with E-state index in [1.165, 1.54) is 0 Å². The molecule has 2 fully saturated rings. The van der Waals surface area contributed by atoms with Crippen LogP contribution in [0.4, 0.5) is 13.2 Å². The molecule has 5 atom stereocenters. The van der Waals surface area contributed by atoms with Crippen molar-refractivity contribution in [2.45, 2.75) is 75.4 Å². The molecule has 3 amide bonds. The van der Waals surface area contributed by atoms with Gasteiger partial charge in [0.05, 0.1) is 24.3 Å². The number of carboxylic acids is 1. The first-order chi connectivity index (χ1) is 24.3. The molecule has 3 aromatic rings. The van der Waals surface area contributed by atoms with Crippen molar-refractivity contribution in [3.63, 3.8) is 0 Å². The number of carbonyl (C=O) groups excluding carboxylic acids is 5. The first-order valence-corrected chi connectivity index (χ1v) is 16.6. The van der Waals surface area contributed by atoms with Gasteiger partial charge in [0.15, 0.2) is 0 Å². The summed E-state index contributed by atoms with van der Waals surface area (Å²) < 4.78 is 37.2. The first-order valence-electron chi connectivity index (χ1n) is 16.6. The monoisotopic (exact) mass is 709 g/mol. The van der Waals surface area contributed by atoms with Crippen molar-refractivity contribution in [1.82, 2.24) is 15.5 Å². The van der Waals surface area contributed by atoms with E-state index in [-0.39, 0.29) is 24.5 Å². The lowest BCUT2D eigenvalue weighted by atomic mass is 9.93. The molecule has 0 spiro atoms. The van der Waals surface area contributed by atoms with Gasteiger partial charge < -0.3 is 35.9 Å². The first kappa shape index (κ1) is 38.6. The fourth-order valence-corrected chi connectivity index (χ4v) is 6.23. The van der Waals surface area contributed by atoms with E-state index in [1.54, 1.807) is 36.1 Å². The van der Waals surface area contributed by atoms with Gasteiger partial charge >= 0.3 is 12.1 Å². The maximum absolute atomic E-state index is 14.3. The molecule has 14 heteroatoms. The molecule has 0 saturated carbocycles. The van der Waals surface area contributed by atoms with Crippen LogP contribution in [-0.2, 0) is 23.9 Å². The zero-order chi connectivity index (χ0) is 37.1. The summed E-state index contributed by atoms with van der Waals surface area (Å²) in [5.74, 6) is -5.02. The number of halogens is 3. The van der Waals surface area contributed by atoms with Gasteiger partial charge in [-0.3, -0.25) is 14.4 Å². The summed E-state index contributed by atoms with van der Waals surface area (Å²) in [5, 5.41) is 14.9. The maximum atomic E-state index is 14.3. The lowest BCUT2D eigenvalue weighted by molar-refractivity contribution is -0.344. The Balaban J connectivity index is 0.000000755. The lowest BCUT2D eigenvalue weighted by Crippen LogP contribution is -2.58. The Labute approximate surface area is 293 Å². The lowest BCUT2D eigenvalue weighted by Gasteiger charge is -2.33. The molecule has 2 heterocycles. The van der Waals surface area contributed by atoms with Crippen molar-refractivity contribution in [1.29, 1.82) is 0 Å². The number of fused-ring (bicyclic) bond motifs is 1. The van der Waals surface area contributed by atoms with Crippen LogP contribution in [0.5, 0.6) is 0 Å². The Hall–Kier alpha value is -5.24. The highest BCUT2D eigenvalue weighted by atomic mass is 19.4. The Morgan fingerprint density at radius 1 is 0.882 bits per heavy atom. The zero-order valence-electron chi connectivity index (χ0n) is 27.9. The summed E-state index contributed by atoms with van der Waals surface area (Å²) in [4.78, 5) is 64.4. The predicted molar refractivity (Wildman–Crippen MR) is 177 cm³/mol. The van der Waals surface area contributed by atoms with Gasteiger partial charge in [0, 0.05) is 12.0 Å². The summed E-state index contributed by atoms with van der Waals surface area (Å²) in [7, 11) is 0. The van der Waals surface area contributed by atoms with Gasteiger partial charge in [0.1, 0.15) is 18.1 Å². The van der Waals surface area contributed by atoms with Crippen LogP contribution in [0.1, 0.15) is 66.6 Å². The third kappa shape index (κ3) is 10.2. The quantitative estimate of drug-likeness (QED) is 0.270. The van der Waals surface area contributed by atoms with Gasteiger partial charge in [-0.2, -0.15) is 13.2 Å². The number of ether oxygens (including phenoxy) is 1. The molecule has 11 nitrogen and oxygen atoms in total. The average Bonchev–Trinajstić information content (AvgIpc) is 3.52. The Bertz CT molecular complexity index is 1600. The number of nitrogens with one attached hydrogen (secondary N) is 2. The maximum Gasteiger partial charge on any atom is 0.430 e. The molecule has 4 N–H and O–H groups in total. The van der Waals surface area contributed by atoms with Gasteiger partial charge in [0.2, 0.25) is 17.7 Å². The number of aliphatic carboxylic acids is 1. The van der Waals surface area contributed by atoms with Crippen LogP contribution in [0.3, 0.4) is 0 Å². The van der Waals surface area contributed by atoms with E-state index < -0.39 is 54.1 Å². The van der Waals surface area contributed by atoms with Crippen LogP contribution < -0.4 is 21.5 Å². The number of nitrogens with two attached hydrogens (primary N) is 1. The number of carboxylic acid groups (broad SMARTS) is 1. The fourth-order valence-electron chi connectivity index (χ4n) is 6.23. The second-order valence-corrected chi connectivity index (χ2v) is 12.3. The Morgan fingerprint density at radius 3 is 1.90 bits per heavy atom. The minimum Gasteiger partial charge on any atom is -0.542 e. The standard InChI is InChI=1S/C35H40N4O5.C2HF3O2/c1-2-28(36)32(40)38-31-26(22-44-35(43)25-16-10-5-11-17-25)18-19-27-20-21-29(39(27)34(31)42)33(41)37-30(23-12-6-3-7-13-23)24-14-8-4-9-15-24;3-2(4,5)1(6)7/h3-17,26-31H,2,18-22,36H2,1H3,(H,37,41)(H,38,40);(H,6,7)/p-1/t26-,27+,28+,29+,31+;/m1./s1. The van der Waals surface area contributed by atoms with E-state index in [2.05, 4.69) is 10.6 Å².